The molecule has 0 spiro atoms. The van der Waals surface area contributed by atoms with E-state index in [2.05, 4.69) is 21.5 Å². The van der Waals surface area contributed by atoms with Gasteiger partial charge < -0.3 is 14.9 Å². The number of pyridine rings is 1. The Hall–Kier alpha value is -1.27. The average Bonchev–Trinajstić information content (AvgIpc) is 2.87. The number of imidazole rings is 1. The fourth-order valence-electron chi connectivity index (χ4n) is 2.42. The first kappa shape index (κ1) is 16.1. The van der Waals surface area contributed by atoms with Crippen molar-refractivity contribution < 1.29 is 4.55 Å². The molecule has 2 rings (SSSR count). The summed E-state index contributed by atoms with van der Waals surface area (Å²) in [6.45, 7) is 6.94. The van der Waals surface area contributed by atoms with E-state index in [1.807, 2.05) is 20.2 Å². The summed E-state index contributed by atoms with van der Waals surface area (Å²) in [7, 11) is 0. The maximum absolute atomic E-state index is 11.8. The summed E-state index contributed by atoms with van der Waals surface area (Å²) >= 11 is -0.700. The molecule has 2 N–H and O–H groups in total. The first-order valence-corrected chi connectivity index (χ1v) is 8.95. The Morgan fingerprint density at radius 2 is 2.00 bits per heavy atom. The van der Waals surface area contributed by atoms with Crippen LogP contribution < -0.4 is 5.73 Å². The number of nitrogens with two attached hydrogens (primary N) is 1. The summed E-state index contributed by atoms with van der Waals surface area (Å²) in [6.07, 6.45) is 4.84. The zero-order valence-electron chi connectivity index (χ0n) is 13.1. The molecule has 1 atom stereocenters. The lowest BCUT2D eigenvalue weighted by Crippen LogP contribution is -2.13. The van der Waals surface area contributed by atoms with Crippen molar-refractivity contribution in [1.29, 1.82) is 0 Å². The topological polar surface area (TPSA) is 79.8 Å². The van der Waals surface area contributed by atoms with Gasteiger partial charge in [-0.25, -0.2) is 9.97 Å². The Bertz CT molecular complexity index is 611. The summed E-state index contributed by atoms with van der Waals surface area (Å²) in [5, 5.41) is 0. The molecular formula is C15H24N4OS. The quantitative estimate of drug-likeness (QED) is 0.797. The first-order chi connectivity index (χ1) is 10.0. The molecule has 0 amide bonds. The van der Waals surface area contributed by atoms with Gasteiger partial charge in [-0.1, -0.05) is 24.5 Å². The highest BCUT2D eigenvalue weighted by Crippen LogP contribution is 2.23. The molecule has 0 aliphatic heterocycles. The number of unbranched alkanes of at least 4 members (excludes halogenated alkanes) is 1. The van der Waals surface area contributed by atoms with Gasteiger partial charge in [-0.15, -0.1) is 0 Å². The highest BCUT2D eigenvalue weighted by Gasteiger charge is 2.13. The first-order valence-electron chi connectivity index (χ1n) is 7.47. The molecule has 6 heteroatoms. The van der Waals surface area contributed by atoms with E-state index < -0.39 is 11.2 Å². The van der Waals surface area contributed by atoms with E-state index in [0.717, 1.165) is 59.6 Å². The van der Waals surface area contributed by atoms with E-state index >= 15 is 0 Å². The second-order valence-corrected chi connectivity index (χ2v) is 7.09. The van der Waals surface area contributed by atoms with Crippen molar-refractivity contribution in [1.82, 2.24) is 14.5 Å². The average molecular weight is 308 g/mol. The minimum Gasteiger partial charge on any atom is -0.616 e. The van der Waals surface area contributed by atoms with Crippen molar-refractivity contribution in [2.75, 3.05) is 17.2 Å². The number of fused-ring (bicyclic) bond motifs is 1. The highest BCUT2D eigenvalue weighted by molar-refractivity contribution is 7.91. The van der Waals surface area contributed by atoms with Crippen molar-refractivity contribution in [3.05, 3.63) is 17.6 Å². The summed E-state index contributed by atoms with van der Waals surface area (Å²) in [5.41, 5.74) is 9.81. The third-order valence-electron chi connectivity index (χ3n) is 3.76. The number of hydrogen-bond acceptors (Lipinski definition) is 4. The minimum atomic E-state index is -0.700. The van der Waals surface area contributed by atoms with E-state index in [4.69, 9.17) is 5.73 Å². The molecule has 2 heterocycles. The molecule has 0 saturated heterocycles. The molecule has 5 nitrogen and oxygen atoms in total. The van der Waals surface area contributed by atoms with E-state index in [9.17, 15) is 4.55 Å². The van der Waals surface area contributed by atoms with Crippen LogP contribution in [0, 0.1) is 13.8 Å². The standard InChI is InChI=1S/C15H24N4OS/c1-4-5-8-21(20)9-6-7-19-10-17-13-14(19)11(2)12(3)18-15(13)16/h10H,4-9H2,1-3H3,(H2,16,18). The lowest BCUT2D eigenvalue weighted by molar-refractivity contribution is 0.583. The predicted molar refractivity (Wildman–Crippen MR) is 88.8 cm³/mol. The molecule has 0 saturated carbocycles. The van der Waals surface area contributed by atoms with E-state index in [-0.39, 0.29) is 0 Å². The zero-order valence-corrected chi connectivity index (χ0v) is 13.9. The summed E-state index contributed by atoms with van der Waals surface area (Å²) in [6, 6.07) is 0. The van der Waals surface area contributed by atoms with Crippen molar-refractivity contribution in [2.24, 2.45) is 0 Å². The van der Waals surface area contributed by atoms with Gasteiger partial charge in [0, 0.05) is 18.7 Å². The molecule has 0 radical (unpaired) electrons. The number of anilines is 1. The molecule has 2 aromatic rings. The lowest BCUT2D eigenvalue weighted by Gasteiger charge is -2.12. The Morgan fingerprint density at radius 1 is 1.29 bits per heavy atom. The van der Waals surface area contributed by atoms with Crippen LogP contribution in [0.25, 0.3) is 11.0 Å². The van der Waals surface area contributed by atoms with Gasteiger partial charge in [-0.2, -0.15) is 0 Å². The van der Waals surface area contributed by atoms with Crippen molar-refractivity contribution >= 4 is 28.0 Å². The fraction of sp³-hybridized carbons (Fsp3) is 0.600. The maximum Gasteiger partial charge on any atom is 0.151 e. The third kappa shape index (κ3) is 3.68. The second-order valence-electron chi connectivity index (χ2n) is 5.40. The zero-order chi connectivity index (χ0) is 15.4. The normalized spacial score (nSPS) is 13.0. The second kappa shape index (κ2) is 7.13. The van der Waals surface area contributed by atoms with Gasteiger partial charge in [0.05, 0.1) is 11.8 Å². The Morgan fingerprint density at radius 3 is 2.71 bits per heavy atom. The van der Waals surface area contributed by atoms with Crippen LogP contribution in [0.3, 0.4) is 0 Å². The van der Waals surface area contributed by atoms with Crippen molar-refractivity contribution in [3.63, 3.8) is 0 Å². The van der Waals surface area contributed by atoms with E-state index in [1.165, 1.54) is 0 Å². The SMILES string of the molecule is CCCC[S+]([O-])CCCn1cnc2c(N)nc(C)c(C)c21. The largest absolute Gasteiger partial charge is 0.616 e. The number of nitrogen functional groups attached to an aromatic ring is 1. The van der Waals surface area contributed by atoms with Crippen LogP contribution in [-0.4, -0.2) is 30.6 Å². The molecule has 1 unspecified atom stereocenters. The number of rotatable bonds is 7. The predicted octanol–water partition coefficient (Wildman–Crippen LogP) is 2.57. The third-order valence-corrected chi connectivity index (χ3v) is 5.25. The lowest BCUT2D eigenvalue weighted by atomic mass is 10.2. The smallest absolute Gasteiger partial charge is 0.151 e. The van der Waals surface area contributed by atoms with Crippen molar-refractivity contribution in [2.45, 2.75) is 46.6 Å². The molecule has 0 aliphatic rings. The van der Waals surface area contributed by atoms with Crippen LogP contribution in [-0.2, 0) is 17.7 Å². The molecule has 21 heavy (non-hydrogen) atoms. The molecule has 2 aromatic heterocycles. The summed E-state index contributed by atoms with van der Waals surface area (Å²) < 4.78 is 13.9. The van der Waals surface area contributed by atoms with Crippen LogP contribution in [0.2, 0.25) is 0 Å². The summed E-state index contributed by atoms with van der Waals surface area (Å²) in [4.78, 5) is 8.68. The Balaban J connectivity index is 2.06. The van der Waals surface area contributed by atoms with Crippen LogP contribution in [0.4, 0.5) is 5.82 Å². The van der Waals surface area contributed by atoms with Gasteiger partial charge in [-0.05, 0) is 25.8 Å². The monoisotopic (exact) mass is 308 g/mol. The molecular weight excluding hydrogens is 284 g/mol. The number of aromatic nitrogens is 3. The minimum absolute atomic E-state index is 0.485. The molecule has 116 valence electrons. The molecule has 0 bridgehead atoms. The van der Waals surface area contributed by atoms with Crippen LogP contribution in [0.15, 0.2) is 6.33 Å². The molecule has 0 fully saturated rings. The van der Waals surface area contributed by atoms with Gasteiger partial charge in [0.25, 0.3) is 0 Å². The fourth-order valence-corrected chi connectivity index (χ4v) is 3.69. The van der Waals surface area contributed by atoms with Crippen LogP contribution >= 0.6 is 0 Å². The van der Waals surface area contributed by atoms with Gasteiger partial charge in [0.1, 0.15) is 17.0 Å². The maximum atomic E-state index is 11.8. The van der Waals surface area contributed by atoms with E-state index in [0.29, 0.717) is 5.82 Å². The molecule has 0 aromatic carbocycles. The molecule has 0 aliphatic carbocycles. The van der Waals surface area contributed by atoms with E-state index in [1.54, 1.807) is 0 Å². The van der Waals surface area contributed by atoms with Gasteiger partial charge in [-0.3, -0.25) is 0 Å². The van der Waals surface area contributed by atoms with Crippen molar-refractivity contribution in [3.8, 4) is 0 Å². The van der Waals surface area contributed by atoms with Crippen LogP contribution in [0.5, 0.6) is 0 Å². The van der Waals surface area contributed by atoms with Gasteiger partial charge >= 0.3 is 0 Å². The Labute approximate surface area is 129 Å². The number of aryl methyl sites for hydroxylation is 3. The summed E-state index contributed by atoms with van der Waals surface area (Å²) in [5.74, 6) is 2.05. The van der Waals surface area contributed by atoms with Gasteiger partial charge in [0.2, 0.25) is 0 Å². The highest BCUT2D eigenvalue weighted by atomic mass is 32.2. The number of nitrogens with zero attached hydrogens (tertiary/aromatic N) is 3. The van der Waals surface area contributed by atoms with Gasteiger partial charge in [0.15, 0.2) is 5.82 Å². The Kier molecular flexibility index (Phi) is 5.47. The number of hydrogen-bond donors (Lipinski definition) is 1. The van der Waals surface area contributed by atoms with Crippen LogP contribution in [0.1, 0.15) is 37.4 Å².